The fraction of sp³-hybridized carbons (Fsp3) is 0.667. The fourth-order valence-corrected chi connectivity index (χ4v) is 5.17. The van der Waals surface area contributed by atoms with Crippen LogP contribution in [0.25, 0.3) is 0 Å². The van der Waals surface area contributed by atoms with E-state index in [0.717, 1.165) is 11.5 Å². The second kappa shape index (κ2) is 8.21. The van der Waals surface area contributed by atoms with Crippen molar-refractivity contribution in [3.63, 3.8) is 0 Å². The molecule has 1 N–H and O–H groups in total. The molecule has 0 aromatic carbocycles. The predicted octanol–water partition coefficient (Wildman–Crippen LogP) is 1.18. The molecule has 6 nitrogen and oxygen atoms in total. The van der Waals surface area contributed by atoms with Crippen LogP contribution in [0.1, 0.15) is 19.9 Å². The van der Waals surface area contributed by atoms with Crippen molar-refractivity contribution < 1.29 is 13.2 Å². The Morgan fingerprint density at radius 3 is 2.39 bits per heavy atom. The normalized spacial score (nSPS) is 18.0. The Morgan fingerprint density at radius 2 is 1.83 bits per heavy atom. The maximum Gasteiger partial charge on any atom is 0.243 e. The molecule has 23 heavy (non-hydrogen) atoms. The number of hydrogen-bond acceptors (Lipinski definition) is 4. The third-order valence-corrected chi connectivity index (χ3v) is 6.69. The van der Waals surface area contributed by atoms with Crippen molar-refractivity contribution in [3.05, 3.63) is 24.5 Å². The molecule has 1 fully saturated rings. The van der Waals surface area contributed by atoms with Crippen molar-refractivity contribution in [3.8, 4) is 0 Å². The van der Waals surface area contributed by atoms with Crippen molar-refractivity contribution in [2.45, 2.75) is 19.9 Å². The molecule has 0 unspecified atom stereocenters. The topological polar surface area (TPSA) is 71.4 Å². The fourth-order valence-electron chi connectivity index (χ4n) is 2.68. The minimum Gasteiger partial charge on any atom is -0.353 e. The van der Waals surface area contributed by atoms with Gasteiger partial charge in [0.2, 0.25) is 15.9 Å². The lowest BCUT2D eigenvalue weighted by atomic mass is 10.0. The molecule has 2 rings (SSSR count). The van der Waals surface area contributed by atoms with E-state index < -0.39 is 10.0 Å². The van der Waals surface area contributed by atoms with Gasteiger partial charge in [0.1, 0.15) is 6.04 Å². The molecule has 0 spiro atoms. The first kappa shape index (κ1) is 18.4. The van der Waals surface area contributed by atoms with Crippen molar-refractivity contribution in [2.24, 2.45) is 5.92 Å². The molecule has 1 aromatic heterocycles. The Hall–Kier alpha value is -0.990. The van der Waals surface area contributed by atoms with Gasteiger partial charge in [0, 0.05) is 43.5 Å². The van der Waals surface area contributed by atoms with Gasteiger partial charge < -0.3 is 9.88 Å². The summed E-state index contributed by atoms with van der Waals surface area (Å²) >= 11 is 1.77. The van der Waals surface area contributed by atoms with E-state index in [1.807, 2.05) is 42.9 Å². The van der Waals surface area contributed by atoms with Gasteiger partial charge in [-0.15, -0.1) is 0 Å². The van der Waals surface area contributed by atoms with E-state index in [1.165, 1.54) is 4.31 Å². The zero-order chi connectivity index (χ0) is 16.9. The Kier molecular flexibility index (Phi) is 6.55. The van der Waals surface area contributed by atoms with Crippen LogP contribution in [0.5, 0.6) is 0 Å². The van der Waals surface area contributed by atoms with E-state index in [2.05, 4.69) is 5.32 Å². The third-order valence-electron chi connectivity index (χ3n) is 3.87. The summed E-state index contributed by atoms with van der Waals surface area (Å²) in [5, 5.41) is 2.78. The highest BCUT2D eigenvalue weighted by Crippen LogP contribution is 2.18. The molecule has 0 radical (unpaired) electrons. The first-order chi connectivity index (χ1) is 10.9. The van der Waals surface area contributed by atoms with E-state index >= 15 is 0 Å². The molecule has 1 atom stereocenters. The second-order valence-electron chi connectivity index (χ2n) is 5.94. The maximum absolute atomic E-state index is 12.4. The van der Waals surface area contributed by atoms with Crippen molar-refractivity contribution >= 4 is 27.7 Å². The highest BCUT2D eigenvalue weighted by atomic mass is 32.2. The number of carbonyl (C=O) groups excluding carboxylic acids is 1. The van der Waals surface area contributed by atoms with Crippen molar-refractivity contribution in [1.82, 2.24) is 14.2 Å². The highest BCUT2D eigenvalue weighted by Gasteiger charge is 2.26. The Balaban J connectivity index is 1.88. The van der Waals surface area contributed by atoms with Gasteiger partial charge in [0.25, 0.3) is 0 Å². The van der Waals surface area contributed by atoms with E-state index in [9.17, 15) is 13.2 Å². The zero-order valence-electron chi connectivity index (χ0n) is 13.6. The minimum absolute atomic E-state index is 0.0418. The third kappa shape index (κ3) is 4.99. The van der Waals surface area contributed by atoms with Crippen LogP contribution in [0.3, 0.4) is 0 Å². The zero-order valence-corrected chi connectivity index (χ0v) is 15.3. The maximum atomic E-state index is 12.4. The lowest BCUT2D eigenvalue weighted by Gasteiger charge is -2.26. The molecule has 8 heteroatoms. The molecule has 1 saturated heterocycles. The highest BCUT2D eigenvalue weighted by molar-refractivity contribution is 7.99. The summed E-state index contributed by atoms with van der Waals surface area (Å²) in [6.07, 6.45) is 3.71. The Morgan fingerprint density at radius 1 is 1.22 bits per heavy atom. The first-order valence-electron chi connectivity index (χ1n) is 7.87. The number of carbonyl (C=O) groups is 1. The van der Waals surface area contributed by atoms with E-state index in [4.69, 9.17) is 0 Å². The van der Waals surface area contributed by atoms with Crippen LogP contribution in [0.2, 0.25) is 0 Å². The number of aromatic nitrogens is 1. The predicted molar refractivity (Wildman–Crippen MR) is 94.0 cm³/mol. The van der Waals surface area contributed by atoms with Crippen LogP contribution in [-0.2, 0) is 14.8 Å². The van der Waals surface area contributed by atoms with Gasteiger partial charge in [-0.05, 0) is 18.1 Å². The van der Waals surface area contributed by atoms with Crippen molar-refractivity contribution in [2.75, 3.05) is 36.9 Å². The molecule has 1 aliphatic heterocycles. The van der Waals surface area contributed by atoms with E-state index in [1.54, 1.807) is 11.8 Å². The molecule has 2 heterocycles. The summed E-state index contributed by atoms with van der Waals surface area (Å²) in [7, 11) is -3.28. The number of amides is 1. The molecule has 1 amide bonds. The van der Waals surface area contributed by atoms with Gasteiger partial charge in [-0.3, -0.25) is 4.79 Å². The average molecular weight is 360 g/mol. The van der Waals surface area contributed by atoms with Gasteiger partial charge >= 0.3 is 0 Å². The summed E-state index contributed by atoms with van der Waals surface area (Å²) in [6, 6.07) is 3.43. The van der Waals surface area contributed by atoms with Crippen LogP contribution in [-0.4, -0.2) is 60.1 Å². The molecule has 0 aliphatic carbocycles. The number of nitrogens with one attached hydrogen (secondary N) is 1. The van der Waals surface area contributed by atoms with Gasteiger partial charge in [-0.2, -0.15) is 11.8 Å². The number of sulfonamides is 1. The number of nitrogens with zero attached hydrogens (tertiary/aromatic N) is 2. The van der Waals surface area contributed by atoms with Crippen LogP contribution < -0.4 is 5.32 Å². The largest absolute Gasteiger partial charge is 0.353 e. The average Bonchev–Trinajstić information content (AvgIpc) is 3.01. The molecule has 0 bridgehead atoms. The summed E-state index contributed by atoms with van der Waals surface area (Å²) in [6.45, 7) is 5.24. The molecular weight excluding hydrogens is 334 g/mol. The quantitative estimate of drug-likeness (QED) is 0.794. The molecular formula is C15H25N3O3S2. The standard InChI is InChI=1S/C15H25N3O3S2/c1-13(2)14(17-6-3-4-7-17)15(19)16-5-12-23(20,21)18-8-10-22-11-9-18/h3-4,6-7,13-14H,5,8-12H2,1-2H3,(H,16,19)/t14-/m0/s1. The van der Waals surface area contributed by atoms with Crippen LogP contribution in [0.4, 0.5) is 0 Å². The van der Waals surface area contributed by atoms with E-state index in [0.29, 0.717) is 13.1 Å². The van der Waals surface area contributed by atoms with E-state index in [-0.39, 0.29) is 30.2 Å². The molecule has 130 valence electrons. The lowest BCUT2D eigenvalue weighted by Crippen LogP contribution is -2.43. The van der Waals surface area contributed by atoms with Crippen molar-refractivity contribution in [1.29, 1.82) is 0 Å². The Bertz CT molecular complexity index is 593. The molecule has 1 aromatic rings. The number of hydrogen-bond donors (Lipinski definition) is 1. The summed E-state index contributed by atoms with van der Waals surface area (Å²) in [4.78, 5) is 12.4. The van der Waals surface area contributed by atoms with Gasteiger partial charge in [-0.25, -0.2) is 12.7 Å². The monoisotopic (exact) mass is 359 g/mol. The summed E-state index contributed by atoms with van der Waals surface area (Å²) in [5.74, 6) is 1.63. The van der Waals surface area contributed by atoms with Crippen LogP contribution >= 0.6 is 11.8 Å². The van der Waals surface area contributed by atoms with Crippen LogP contribution in [0.15, 0.2) is 24.5 Å². The lowest BCUT2D eigenvalue weighted by molar-refractivity contribution is -0.125. The molecule has 1 aliphatic rings. The smallest absolute Gasteiger partial charge is 0.243 e. The SMILES string of the molecule is CC(C)[C@@H](C(=O)NCCS(=O)(=O)N1CCSCC1)n1cccc1. The minimum atomic E-state index is -3.28. The molecule has 0 saturated carbocycles. The summed E-state index contributed by atoms with van der Waals surface area (Å²) < 4.78 is 27.9. The number of thioether (sulfide) groups is 1. The number of rotatable bonds is 7. The van der Waals surface area contributed by atoms with Gasteiger partial charge in [-0.1, -0.05) is 13.8 Å². The summed E-state index contributed by atoms with van der Waals surface area (Å²) in [5.41, 5.74) is 0. The van der Waals surface area contributed by atoms with Gasteiger partial charge in [0.05, 0.1) is 5.75 Å². The van der Waals surface area contributed by atoms with Crippen LogP contribution in [0, 0.1) is 5.92 Å². The first-order valence-corrected chi connectivity index (χ1v) is 10.6. The second-order valence-corrected chi connectivity index (χ2v) is 9.25. The van der Waals surface area contributed by atoms with Gasteiger partial charge in [0.15, 0.2) is 0 Å². The Labute approximate surface area is 142 Å².